The lowest BCUT2D eigenvalue weighted by atomic mass is 9.98. The number of carbonyl (C=O) groups is 2. The fraction of sp³-hybridized carbons (Fsp3) is 0.455. The van der Waals surface area contributed by atoms with Crippen molar-refractivity contribution in [3.63, 3.8) is 0 Å². The molecule has 1 aromatic carbocycles. The van der Waals surface area contributed by atoms with Crippen LogP contribution in [0.1, 0.15) is 45.8 Å². The number of nitrogens with zero attached hydrogens (tertiary/aromatic N) is 1. The van der Waals surface area contributed by atoms with Gasteiger partial charge < -0.3 is 4.90 Å². The fourth-order valence-corrected chi connectivity index (χ4v) is 5.52. The lowest BCUT2D eigenvalue weighted by Gasteiger charge is -2.33. The smallest absolute Gasteiger partial charge is 0.240 e. The van der Waals surface area contributed by atoms with Gasteiger partial charge in [-0.15, -0.1) is 11.3 Å². The van der Waals surface area contributed by atoms with Gasteiger partial charge in [-0.3, -0.25) is 9.59 Å². The topological polar surface area (TPSA) is 83.6 Å². The summed E-state index contributed by atoms with van der Waals surface area (Å²) in [6.07, 6.45) is 2.10. The van der Waals surface area contributed by atoms with Crippen LogP contribution in [0, 0.1) is 19.8 Å². The van der Waals surface area contributed by atoms with E-state index in [1.165, 1.54) is 11.3 Å². The van der Waals surface area contributed by atoms with Gasteiger partial charge in [-0.1, -0.05) is 17.7 Å². The second kappa shape index (κ2) is 9.85. The zero-order valence-electron chi connectivity index (χ0n) is 17.4. The third kappa shape index (κ3) is 6.00. The van der Waals surface area contributed by atoms with E-state index in [2.05, 4.69) is 4.72 Å². The van der Waals surface area contributed by atoms with Crippen LogP contribution in [0.2, 0.25) is 0 Å². The first-order valence-electron chi connectivity index (χ1n) is 10.2. The van der Waals surface area contributed by atoms with Crippen molar-refractivity contribution in [1.29, 1.82) is 0 Å². The first-order chi connectivity index (χ1) is 14.2. The van der Waals surface area contributed by atoms with Crippen molar-refractivity contribution in [3.05, 3.63) is 51.7 Å². The number of carbonyl (C=O) groups excluding carboxylic acids is 2. The molecule has 1 saturated heterocycles. The van der Waals surface area contributed by atoms with Gasteiger partial charge in [-0.25, -0.2) is 13.1 Å². The Morgan fingerprint density at radius 3 is 2.50 bits per heavy atom. The van der Waals surface area contributed by atoms with Crippen LogP contribution >= 0.6 is 11.3 Å². The van der Waals surface area contributed by atoms with E-state index in [-0.39, 0.29) is 35.3 Å². The molecule has 1 amide bonds. The van der Waals surface area contributed by atoms with Crippen LogP contribution < -0.4 is 4.72 Å². The van der Waals surface area contributed by atoms with Gasteiger partial charge in [0.2, 0.25) is 15.9 Å². The van der Waals surface area contributed by atoms with Gasteiger partial charge in [0.05, 0.1) is 9.77 Å². The Hall–Kier alpha value is -2.03. The van der Waals surface area contributed by atoms with Crippen molar-refractivity contribution in [2.75, 3.05) is 19.6 Å². The minimum absolute atomic E-state index is 0.000803. The molecule has 1 atom stereocenters. The first-order valence-corrected chi connectivity index (χ1v) is 12.5. The highest BCUT2D eigenvalue weighted by Gasteiger charge is 2.25. The number of rotatable bonds is 8. The van der Waals surface area contributed by atoms with Gasteiger partial charge >= 0.3 is 0 Å². The Morgan fingerprint density at radius 2 is 1.83 bits per heavy atom. The maximum absolute atomic E-state index is 12.6. The second-order valence-electron chi connectivity index (χ2n) is 7.85. The number of piperidine rings is 1. The number of benzene rings is 1. The third-order valence-corrected chi connectivity index (χ3v) is 7.83. The van der Waals surface area contributed by atoms with E-state index in [4.69, 9.17) is 0 Å². The van der Waals surface area contributed by atoms with E-state index in [0.29, 0.717) is 24.5 Å². The Balaban J connectivity index is 1.49. The van der Waals surface area contributed by atoms with Crippen molar-refractivity contribution in [1.82, 2.24) is 9.62 Å². The molecule has 2 heterocycles. The maximum atomic E-state index is 12.6. The fourth-order valence-electron chi connectivity index (χ4n) is 3.57. The van der Waals surface area contributed by atoms with E-state index in [0.717, 1.165) is 23.3 Å². The zero-order valence-corrected chi connectivity index (χ0v) is 19.0. The molecule has 6 nitrogen and oxygen atoms in total. The SMILES string of the molecule is Cc1ccc(S(=O)(=O)NCC2CCCN(C(=O)CCC(=O)c3ccc(C)s3)C2)cc1. The summed E-state index contributed by atoms with van der Waals surface area (Å²) in [6.45, 7) is 5.33. The number of nitrogens with one attached hydrogen (secondary N) is 1. The van der Waals surface area contributed by atoms with Crippen LogP contribution in [-0.4, -0.2) is 44.6 Å². The van der Waals surface area contributed by atoms with Crippen molar-refractivity contribution < 1.29 is 18.0 Å². The van der Waals surface area contributed by atoms with Crippen molar-refractivity contribution >= 4 is 33.1 Å². The minimum atomic E-state index is -3.56. The monoisotopic (exact) mass is 448 g/mol. The average Bonchev–Trinajstić information content (AvgIpc) is 3.17. The van der Waals surface area contributed by atoms with Gasteiger partial charge in [0.1, 0.15) is 0 Å². The average molecular weight is 449 g/mol. The molecule has 0 saturated carbocycles. The van der Waals surface area contributed by atoms with Gasteiger partial charge in [-0.2, -0.15) is 0 Å². The molecule has 8 heteroatoms. The maximum Gasteiger partial charge on any atom is 0.240 e. The van der Waals surface area contributed by atoms with Gasteiger partial charge in [0.25, 0.3) is 0 Å². The summed E-state index contributed by atoms with van der Waals surface area (Å²) in [4.78, 5) is 28.6. The molecule has 30 heavy (non-hydrogen) atoms. The van der Waals surface area contributed by atoms with E-state index in [1.807, 2.05) is 26.0 Å². The summed E-state index contributed by atoms with van der Waals surface area (Å²) in [7, 11) is -3.56. The zero-order chi connectivity index (χ0) is 21.7. The van der Waals surface area contributed by atoms with Crippen LogP contribution in [-0.2, 0) is 14.8 Å². The predicted octanol–water partition coefficient (Wildman–Crippen LogP) is 3.54. The molecule has 1 N–H and O–H groups in total. The first kappa shape index (κ1) is 22.7. The molecule has 162 valence electrons. The van der Waals surface area contributed by atoms with Crippen LogP contribution in [0.5, 0.6) is 0 Å². The molecule has 1 aliphatic rings. The number of thiophene rings is 1. The number of sulfonamides is 1. The largest absolute Gasteiger partial charge is 0.342 e. The van der Waals surface area contributed by atoms with Crippen LogP contribution in [0.25, 0.3) is 0 Å². The van der Waals surface area contributed by atoms with Crippen LogP contribution in [0.3, 0.4) is 0 Å². The van der Waals surface area contributed by atoms with E-state index in [1.54, 1.807) is 29.2 Å². The molecular weight excluding hydrogens is 420 g/mol. The van der Waals surface area contributed by atoms with Crippen LogP contribution in [0.4, 0.5) is 0 Å². The summed E-state index contributed by atoms with van der Waals surface area (Å²) < 4.78 is 27.7. The standard InChI is InChI=1S/C22H28N2O4S2/c1-16-5-8-19(9-6-16)30(27,28)23-14-18-4-3-13-24(15-18)22(26)12-10-20(25)21-11-7-17(2)29-21/h5-9,11,18,23H,3-4,10,12-15H2,1-2H3. The van der Waals surface area contributed by atoms with Crippen molar-refractivity contribution in [2.45, 2.75) is 44.4 Å². The summed E-state index contributed by atoms with van der Waals surface area (Å²) in [5.74, 6) is 0.0298. The number of hydrogen-bond acceptors (Lipinski definition) is 5. The molecular formula is C22H28N2O4S2. The normalized spacial score (nSPS) is 17.1. The highest BCUT2D eigenvalue weighted by atomic mass is 32.2. The lowest BCUT2D eigenvalue weighted by Crippen LogP contribution is -2.43. The number of hydrogen-bond donors (Lipinski definition) is 1. The highest BCUT2D eigenvalue weighted by molar-refractivity contribution is 7.89. The molecule has 1 aromatic heterocycles. The molecule has 2 aromatic rings. The highest BCUT2D eigenvalue weighted by Crippen LogP contribution is 2.20. The Kier molecular flexibility index (Phi) is 7.44. The number of aryl methyl sites for hydroxylation is 2. The summed E-state index contributed by atoms with van der Waals surface area (Å²) in [5, 5.41) is 0. The van der Waals surface area contributed by atoms with Crippen LogP contribution in [0.15, 0.2) is 41.3 Å². The Labute approximate surface area is 182 Å². The molecule has 0 radical (unpaired) electrons. The summed E-state index contributed by atoms with van der Waals surface area (Å²) in [5.41, 5.74) is 1.00. The second-order valence-corrected chi connectivity index (χ2v) is 10.9. The minimum Gasteiger partial charge on any atom is -0.342 e. The molecule has 0 spiro atoms. The van der Waals surface area contributed by atoms with Crippen molar-refractivity contribution in [3.8, 4) is 0 Å². The van der Waals surface area contributed by atoms with Gasteiger partial charge in [-0.05, 0) is 56.9 Å². The number of amides is 1. The number of ketones is 1. The van der Waals surface area contributed by atoms with E-state index in [9.17, 15) is 18.0 Å². The van der Waals surface area contributed by atoms with Gasteiger partial charge in [0, 0.05) is 37.4 Å². The number of Topliss-reactive ketones (excluding diaryl/α,β-unsaturated/α-hetero) is 1. The predicted molar refractivity (Wildman–Crippen MR) is 118 cm³/mol. The number of likely N-dealkylation sites (tertiary alicyclic amines) is 1. The third-order valence-electron chi connectivity index (χ3n) is 5.35. The summed E-state index contributed by atoms with van der Waals surface area (Å²) >= 11 is 1.45. The molecule has 3 rings (SSSR count). The lowest BCUT2D eigenvalue weighted by molar-refractivity contribution is -0.132. The molecule has 0 bridgehead atoms. The summed E-state index contributed by atoms with van der Waals surface area (Å²) in [6, 6.07) is 10.5. The molecule has 0 aliphatic carbocycles. The molecule has 1 unspecified atom stereocenters. The Bertz CT molecular complexity index is 996. The van der Waals surface area contributed by atoms with E-state index >= 15 is 0 Å². The molecule has 1 aliphatic heterocycles. The quantitative estimate of drug-likeness (QED) is 0.626. The Morgan fingerprint density at radius 1 is 1.10 bits per heavy atom. The molecule has 1 fully saturated rings. The van der Waals surface area contributed by atoms with Crippen molar-refractivity contribution in [2.24, 2.45) is 5.92 Å². The van der Waals surface area contributed by atoms with Gasteiger partial charge in [0.15, 0.2) is 5.78 Å². The van der Waals surface area contributed by atoms with E-state index < -0.39 is 10.0 Å².